The third-order valence-corrected chi connectivity index (χ3v) is 3.39. The molecule has 0 radical (unpaired) electrons. The molecule has 1 heterocycles. The molecule has 0 fully saturated rings. The number of benzene rings is 2. The van der Waals surface area contributed by atoms with E-state index in [0.717, 1.165) is 27.7 Å². The second-order valence-corrected chi connectivity index (χ2v) is 5.24. The molecule has 0 saturated carbocycles. The summed E-state index contributed by atoms with van der Waals surface area (Å²) in [6.07, 6.45) is 0.375. The van der Waals surface area contributed by atoms with Crippen molar-refractivity contribution in [2.24, 2.45) is 0 Å². The maximum atomic E-state index is 12.3. The molecular weight excluding hydrogens is 248 g/mol. The number of fused-ring (bicyclic) bond motifs is 1. The lowest BCUT2D eigenvalue weighted by Gasteiger charge is -2.00. The highest BCUT2D eigenvalue weighted by molar-refractivity contribution is 5.98. The number of ketones is 1. The Morgan fingerprint density at radius 3 is 2.60 bits per heavy atom. The first-order chi connectivity index (χ1) is 9.61. The minimum absolute atomic E-state index is 0.0180. The monoisotopic (exact) mass is 264 g/mol. The van der Waals surface area contributed by atoms with E-state index in [1.807, 2.05) is 62.4 Å². The molecule has 100 valence electrons. The fraction of sp³-hybridized carbons (Fsp3) is 0.167. The number of aryl methyl sites for hydroxylation is 2. The number of hydrogen-bond acceptors (Lipinski definition) is 2. The summed E-state index contributed by atoms with van der Waals surface area (Å²) in [6.45, 7) is 4.05. The number of rotatable bonds is 3. The Hall–Kier alpha value is -2.35. The zero-order valence-corrected chi connectivity index (χ0v) is 11.6. The van der Waals surface area contributed by atoms with Gasteiger partial charge in [0.15, 0.2) is 5.76 Å². The Morgan fingerprint density at radius 2 is 1.80 bits per heavy atom. The first-order valence-electron chi connectivity index (χ1n) is 6.71. The normalized spacial score (nSPS) is 10.9. The van der Waals surface area contributed by atoms with Crippen molar-refractivity contribution in [3.63, 3.8) is 0 Å². The van der Waals surface area contributed by atoms with Gasteiger partial charge >= 0.3 is 0 Å². The Bertz CT molecular complexity index is 781. The summed E-state index contributed by atoms with van der Waals surface area (Å²) in [5.74, 6) is 0.455. The van der Waals surface area contributed by atoms with Crippen LogP contribution in [-0.2, 0) is 6.42 Å². The van der Waals surface area contributed by atoms with Gasteiger partial charge in [-0.05, 0) is 37.6 Å². The number of furan rings is 1. The van der Waals surface area contributed by atoms with E-state index in [9.17, 15) is 4.79 Å². The topological polar surface area (TPSA) is 30.2 Å². The standard InChI is InChI=1S/C18H16O2/c1-12-4-3-5-14(8-12)10-16(19)18-11-15-9-13(2)6-7-17(15)20-18/h3-9,11H,10H2,1-2H3. The van der Waals surface area contributed by atoms with Crippen molar-refractivity contribution in [2.45, 2.75) is 20.3 Å². The van der Waals surface area contributed by atoms with Gasteiger partial charge < -0.3 is 4.42 Å². The van der Waals surface area contributed by atoms with E-state index in [0.29, 0.717) is 12.2 Å². The van der Waals surface area contributed by atoms with Gasteiger partial charge in [-0.25, -0.2) is 0 Å². The third-order valence-electron chi connectivity index (χ3n) is 3.39. The molecule has 20 heavy (non-hydrogen) atoms. The smallest absolute Gasteiger partial charge is 0.202 e. The van der Waals surface area contributed by atoms with Crippen molar-refractivity contribution < 1.29 is 9.21 Å². The molecule has 0 unspecified atom stereocenters. The summed E-state index contributed by atoms with van der Waals surface area (Å²) < 4.78 is 5.64. The van der Waals surface area contributed by atoms with Crippen molar-refractivity contribution in [3.8, 4) is 0 Å². The molecular formula is C18H16O2. The number of carbonyl (C=O) groups excluding carboxylic acids is 1. The van der Waals surface area contributed by atoms with Crippen molar-refractivity contribution in [2.75, 3.05) is 0 Å². The number of carbonyl (C=O) groups is 1. The molecule has 2 nitrogen and oxygen atoms in total. The number of Topliss-reactive ketones (excluding diaryl/α,β-unsaturated/α-hetero) is 1. The first kappa shape index (κ1) is 12.7. The van der Waals surface area contributed by atoms with E-state index in [-0.39, 0.29) is 5.78 Å². The molecule has 3 rings (SSSR count). The van der Waals surface area contributed by atoms with Crippen LogP contribution in [-0.4, -0.2) is 5.78 Å². The Balaban J connectivity index is 1.88. The molecule has 0 bridgehead atoms. The van der Waals surface area contributed by atoms with Crippen LogP contribution in [0, 0.1) is 13.8 Å². The maximum Gasteiger partial charge on any atom is 0.202 e. The highest BCUT2D eigenvalue weighted by Gasteiger charge is 2.13. The van der Waals surface area contributed by atoms with Crippen molar-refractivity contribution in [3.05, 3.63) is 71.0 Å². The van der Waals surface area contributed by atoms with Gasteiger partial charge in [-0.15, -0.1) is 0 Å². The van der Waals surface area contributed by atoms with Crippen molar-refractivity contribution in [1.29, 1.82) is 0 Å². The van der Waals surface area contributed by atoms with Gasteiger partial charge in [0, 0.05) is 11.8 Å². The van der Waals surface area contributed by atoms with Crippen LogP contribution in [0.4, 0.5) is 0 Å². The van der Waals surface area contributed by atoms with E-state index in [4.69, 9.17) is 4.42 Å². The van der Waals surface area contributed by atoms with E-state index in [2.05, 4.69) is 0 Å². The zero-order valence-electron chi connectivity index (χ0n) is 11.6. The lowest BCUT2D eigenvalue weighted by atomic mass is 10.1. The van der Waals surface area contributed by atoms with Crippen molar-refractivity contribution in [1.82, 2.24) is 0 Å². The van der Waals surface area contributed by atoms with Gasteiger partial charge in [0.25, 0.3) is 0 Å². The summed E-state index contributed by atoms with van der Waals surface area (Å²) in [5, 5.41) is 0.984. The number of hydrogen-bond donors (Lipinski definition) is 0. The minimum Gasteiger partial charge on any atom is -0.453 e. The fourth-order valence-electron chi connectivity index (χ4n) is 2.39. The Labute approximate surface area is 118 Å². The van der Waals surface area contributed by atoms with Crippen LogP contribution < -0.4 is 0 Å². The molecule has 3 aromatic rings. The molecule has 0 aliphatic carbocycles. The lowest BCUT2D eigenvalue weighted by molar-refractivity contribution is 0.0968. The van der Waals surface area contributed by atoms with Crippen LogP contribution in [0.25, 0.3) is 11.0 Å². The quantitative estimate of drug-likeness (QED) is 0.653. The van der Waals surface area contributed by atoms with Gasteiger partial charge in [-0.1, -0.05) is 41.5 Å². The van der Waals surface area contributed by atoms with Gasteiger partial charge in [0.05, 0.1) is 0 Å². The molecule has 0 spiro atoms. The molecule has 0 saturated heterocycles. The molecule has 0 N–H and O–H groups in total. The van der Waals surface area contributed by atoms with Crippen LogP contribution >= 0.6 is 0 Å². The van der Waals surface area contributed by atoms with Crippen LogP contribution in [0.2, 0.25) is 0 Å². The average molecular weight is 264 g/mol. The summed E-state index contributed by atoms with van der Waals surface area (Å²) in [7, 11) is 0. The summed E-state index contributed by atoms with van der Waals surface area (Å²) >= 11 is 0. The highest BCUT2D eigenvalue weighted by atomic mass is 16.3. The Morgan fingerprint density at radius 1 is 1.00 bits per heavy atom. The first-order valence-corrected chi connectivity index (χ1v) is 6.71. The molecule has 2 aromatic carbocycles. The minimum atomic E-state index is 0.0180. The summed E-state index contributed by atoms with van der Waals surface area (Å²) in [5.41, 5.74) is 4.11. The SMILES string of the molecule is Cc1cccc(CC(=O)c2cc3cc(C)ccc3o2)c1. The van der Waals surface area contributed by atoms with Gasteiger partial charge in [0.1, 0.15) is 5.58 Å². The second-order valence-electron chi connectivity index (χ2n) is 5.24. The van der Waals surface area contributed by atoms with Gasteiger partial charge in [0.2, 0.25) is 5.78 Å². The van der Waals surface area contributed by atoms with Crippen LogP contribution in [0.5, 0.6) is 0 Å². The summed E-state index contributed by atoms with van der Waals surface area (Å²) in [6, 6.07) is 15.8. The van der Waals surface area contributed by atoms with Gasteiger partial charge in [-0.3, -0.25) is 4.79 Å². The molecule has 0 atom stereocenters. The molecule has 2 heteroatoms. The van der Waals surface area contributed by atoms with E-state index >= 15 is 0 Å². The van der Waals surface area contributed by atoms with Crippen molar-refractivity contribution >= 4 is 16.8 Å². The van der Waals surface area contributed by atoms with E-state index in [1.54, 1.807) is 0 Å². The van der Waals surface area contributed by atoms with Crippen LogP contribution in [0.15, 0.2) is 52.9 Å². The Kier molecular flexibility index (Phi) is 3.15. The third kappa shape index (κ3) is 2.50. The van der Waals surface area contributed by atoms with Crippen LogP contribution in [0.3, 0.4) is 0 Å². The fourth-order valence-corrected chi connectivity index (χ4v) is 2.39. The predicted octanol–water partition coefficient (Wildman–Crippen LogP) is 4.48. The second kappa shape index (κ2) is 4.97. The van der Waals surface area contributed by atoms with E-state index in [1.165, 1.54) is 0 Å². The van der Waals surface area contributed by atoms with Crippen LogP contribution in [0.1, 0.15) is 27.2 Å². The van der Waals surface area contributed by atoms with E-state index < -0.39 is 0 Å². The van der Waals surface area contributed by atoms with Gasteiger partial charge in [-0.2, -0.15) is 0 Å². The lowest BCUT2D eigenvalue weighted by Crippen LogP contribution is -2.01. The zero-order chi connectivity index (χ0) is 14.1. The predicted molar refractivity (Wildman–Crippen MR) is 80.2 cm³/mol. The molecule has 0 aliphatic rings. The average Bonchev–Trinajstić information content (AvgIpc) is 2.81. The molecule has 0 aliphatic heterocycles. The summed E-state index contributed by atoms with van der Waals surface area (Å²) in [4.78, 5) is 12.3. The molecule has 1 aromatic heterocycles. The maximum absolute atomic E-state index is 12.3. The molecule has 0 amide bonds. The largest absolute Gasteiger partial charge is 0.453 e. The highest BCUT2D eigenvalue weighted by Crippen LogP contribution is 2.22.